The Morgan fingerprint density at radius 3 is 1.87 bits per heavy atom. The summed E-state index contributed by atoms with van der Waals surface area (Å²) in [6.07, 6.45) is 0. The number of amides is 2. The van der Waals surface area contributed by atoms with E-state index in [0.717, 1.165) is 6.54 Å². The Labute approximate surface area is 143 Å². The Hall–Kier alpha value is -0.890. The van der Waals surface area contributed by atoms with Crippen LogP contribution in [0.5, 0.6) is 0 Å². The zero-order chi connectivity index (χ0) is 19.1. The van der Waals surface area contributed by atoms with Crippen LogP contribution in [0.4, 0.5) is 4.79 Å². The van der Waals surface area contributed by atoms with E-state index in [1.54, 1.807) is 7.11 Å². The molecule has 0 aliphatic rings. The van der Waals surface area contributed by atoms with Crippen molar-refractivity contribution in [3.63, 3.8) is 0 Å². The molecule has 0 aromatic heterocycles. The lowest BCUT2D eigenvalue weighted by Gasteiger charge is -2.13. The third-order valence-corrected chi connectivity index (χ3v) is 1.72. The maximum Gasteiger partial charge on any atom is 0.315 e. The Bertz CT molecular complexity index is 206. The fourth-order valence-corrected chi connectivity index (χ4v) is 1.03. The van der Waals surface area contributed by atoms with Crippen molar-refractivity contribution in [3.05, 3.63) is 0 Å². The maximum atomic E-state index is 10.9. The highest BCUT2D eigenvalue weighted by Crippen LogP contribution is 1.83. The summed E-state index contributed by atoms with van der Waals surface area (Å²) in [5.41, 5.74) is 10.1. The predicted octanol–water partition coefficient (Wildman–Crippen LogP) is 1.70. The molecule has 0 spiro atoms. The van der Waals surface area contributed by atoms with Crippen molar-refractivity contribution < 1.29 is 14.3 Å². The monoisotopic (exact) mass is 338 g/mol. The zero-order valence-corrected chi connectivity index (χ0v) is 16.6. The molecule has 0 heterocycles. The Morgan fingerprint density at radius 2 is 1.61 bits per heavy atom. The van der Waals surface area contributed by atoms with E-state index < -0.39 is 0 Å². The molecule has 0 radical (unpaired) electrons. The molecule has 7 nitrogen and oxygen atoms in total. The van der Waals surface area contributed by atoms with Gasteiger partial charge in [-0.05, 0) is 34.2 Å². The second-order valence-electron chi connectivity index (χ2n) is 4.41. The lowest BCUT2D eigenvalue weighted by Crippen LogP contribution is -2.42. The Morgan fingerprint density at radius 1 is 1.13 bits per heavy atom. The highest BCUT2D eigenvalue weighted by molar-refractivity contribution is 5.74. The molecule has 0 aliphatic carbocycles. The van der Waals surface area contributed by atoms with Crippen molar-refractivity contribution in [2.45, 2.75) is 60.5 Å². The number of carbonyl (C=O) groups excluding carboxylic acids is 1. The second-order valence-corrected chi connectivity index (χ2v) is 4.41. The molecule has 0 saturated heterocycles. The summed E-state index contributed by atoms with van der Waals surface area (Å²) in [6, 6.07) is 0.108. The number of hydrogen-bond donors (Lipinski definition) is 4. The summed E-state index contributed by atoms with van der Waals surface area (Å²) >= 11 is 0. The summed E-state index contributed by atoms with van der Waals surface area (Å²) < 4.78 is 9.81. The standard InChI is InChI=1S/C8H18N2O2.C4H11NO.C2H7N.C2H6/c1-4-9-8(11)10-7(3)6-12-5-2;1-4(5)3-6-2;1-2-3;1-2/h7H,4-6H2,1-3H3,(H2,9,10,11);4H,3,5H2,1-2H3;2-3H2,1H3;1-2H3. The third kappa shape index (κ3) is 44.9. The first kappa shape index (κ1) is 30.0. The topological polar surface area (TPSA) is 112 Å². The van der Waals surface area contributed by atoms with Gasteiger partial charge in [0.05, 0.1) is 19.3 Å². The van der Waals surface area contributed by atoms with Crippen molar-refractivity contribution >= 4 is 6.03 Å². The predicted molar refractivity (Wildman–Crippen MR) is 99.8 cm³/mol. The average Bonchev–Trinajstić information content (AvgIpc) is 2.48. The van der Waals surface area contributed by atoms with Crippen LogP contribution in [0.15, 0.2) is 0 Å². The van der Waals surface area contributed by atoms with Crippen LogP contribution < -0.4 is 22.1 Å². The van der Waals surface area contributed by atoms with Gasteiger partial charge in [0.25, 0.3) is 0 Å². The molecule has 2 atom stereocenters. The van der Waals surface area contributed by atoms with Crippen LogP contribution >= 0.6 is 0 Å². The Balaban J connectivity index is -0.000000137. The van der Waals surface area contributed by atoms with Gasteiger partial charge in [-0.3, -0.25) is 0 Å². The first-order valence-electron chi connectivity index (χ1n) is 8.45. The molecule has 7 heteroatoms. The van der Waals surface area contributed by atoms with Crippen LogP contribution in [0.3, 0.4) is 0 Å². The summed E-state index contributed by atoms with van der Waals surface area (Å²) in [7, 11) is 1.64. The molecule has 0 aliphatic heterocycles. The van der Waals surface area contributed by atoms with Crippen LogP contribution in [-0.4, -0.2) is 58.1 Å². The van der Waals surface area contributed by atoms with Crippen LogP contribution in [0, 0.1) is 0 Å². The number of methoxy groups -OCH3 is 1. The average molecular weight is 339 g/mol. The molecular formula is C16H42N4O3. The van der Waals surface area contributed by atoms with Gasteiger partial charge in [0.1, 0.15) is 0 Å². The summed E-state index contributed by atoms with van der Waals surface area (Å²) in [5.74, 6) is 0. The van der Waals surface area contributed by atoms with E-state index in [1.165, 1.54) is 0 Å². The molecular weight excluding hydrogens is 296 g/mol. The highest BCUT2D eigenvalue weighted by atomic mass is 16.5. The van der Waals surface area contributed by atoms with Crippen LogP contribution in [0.2, 0.25) is 0 Å². The Kier molecular flexibility index (Phi) is 38.1. The lowest BCUT2D eigenvalue weighted by molar-refractivity contribution is 0.128. The normalized spacial score (nSPS) is 11.2. The molecule has 6 N–H and O–H groups in total. The van der Waals surface area contributed by atoms with Gasteiger partial charge in [0.15, 0.2) is 0 Å². The third-order valence-electron chi connectivity index (χ3n) is 1.72. The minimum Gasteiger partial charge on any atom is -0.383 e. The van der Waals surface area contributed by atoms with Crippen molar-refractivity contribution in [2.75, 3.05) is 40.0 Å². The summed E-state index contributed by atoms with van der Waals surface area (Å²) in [4.78, 5) is 10.9. The van der Waals surface area contributed by atoms with E-state index in [0.29, 0.717) is 26.4 Å². The van der Waals surface area contributed by atoms with Crippen LogP contribution in [0.25, 0.3) is 0 Å². The zero-order valence-electron chi connectivity index (χ0n) is 16.6. The van der Waals surface area contributed by atoms with Gasteiger partial charge < -0.3 is 31.6 Å². The van der Waals surface area contributed by atoms with E-state index in [-0.39, 0.29) is 18.1 Å². The molecule has 0 fully saturated rings. The van der Waals surface area contributed by atoms with Gasteiger partial charge in [-0.2, -0.15) is 0 Å². The summed E-state index contributed by atoms with van der Waals surface area (Å²) in [6.45, 7) is 16.8. The van der Waals surface area contributed by atoms with Crippen molar-refractivity contribution in [3.8, 4) is 0 Å². The number of carbonyl (C=O) groups is 1. The fourth-order valence-electron chi connectivity index (χ4n) is 1.03. The number of nitrogens with one attached hydrogen (secondary N) is 2. The molecule has 0 rings (SSSR count). The quantitative estimate of drug-likeness (QED) is 0.564. The molecule has 0 aromatic rings. The largest absolute Gasteiger partial charge is 0.383 e. The number of nitrogens with two attached hydrogens (primary N) is 2. The van der Waals surface area contributed by atoms with E-state index in [9.17, 15) is 4.79 Å². The first-order valence-corrected chi connectivity index (χ1v) is 8.45. The minimum atomic E-state index is -0.135. The summed E-state index contributed by atoms with van der Waals surface area (Å²) in [5, 5.41) is 5.39. The minimum absolute atomic E-state index is 0.0662. The van der Waals surface area contributed by atoms with Crippen molar-refractivity contribution in [1.82, 2.24) is 10.6 Å². The molecule has 144 valence electrons. The maximum absolute atomic E-state index is 10.9. The lowest BCUT2D eigenvalue weighted by atomic mass is 10.4. The number of rotatable bonds is 7. The van der Waals surface area contributed by atoms with Gasteiger partial charge in [-0.15, -0.1) is 0 Å². The number of ether oxygens (including phenoxy) is 2. The molecule has 2 unspecified atom stereocenters. The van der Waals surface area contributed by atoms with E-state index in [4.69, 9.17) is 16.2 Å². The van der Waals surface area contributed by atoms with Gasteiger partial charge >= 0.3 is 6.03 Å². The fraction of sp³-hybridized carbons (Fsp3) is 0.938. The molecule has 0 saturated carbocycles. The molecule has 0 aromatic carbocycles. The molecule has 23 heavy (non-hydrogen) atoms. The number of hydrogen-bond acceptors (Lipinski definition) is 5. The SMILES string of the molecule is CC.CCN.CCNC(=O)NC(C)COCC.COCC(C)N. The highest BCUT2D eigenvalue weighted by Gasteiger charge is 2.04. The van der Waals surface area contributed by atoms with Crippen LogP contribution in [0.1, 0.15) is 48.5 Å². The van der Waals surface area contributed by atoms with Gasteiger partial charge in [0, 0.05) is 26.3 Å². The van der Waals surface area contributed by atoms with Crippen molar-refractivity contribution in [2.24, 2.45) is 11.5 Å². The van der Waals surface area contributed by atoms with Gasteiger partial charge in [-0.1, -0.05) is 20.8 Å². The second kappa shape index (κ2) is 29.2. The van der Waals surface area contributed by atoms with E-state index in [2.05, 4.69) is 15.4 Å². The first-order chi connectivity index (χ1) is 10.9. The van der Waals surface area contributed by atoms with E-state index >= 15 is 0 Å². The van der Waals surface area contributed by atoms with Crippen LogP contribution in [-0.2, 0) is 9.47 Å². The van der Waals surface area contributed by atoms with Crippen molar-refractivity contribution in [1.29, 1.82) is 0 Å². The van der Waals surface area contributed by atoms with Gasteiger partial charge in [-0.25, -0.2) is 4.79 Å². The molecule has 2 amide bonds. The van der Waals surface area contributed by atoms with E-state index in [1.807, 2.05) is 48.5 Å². The molecule has 0 bridgehead atoms. The number of urea groups is 1. The van der Waals surface area contributed by atoms with Gasteiger partial charge in [0.2, 0.25) is 0 Å². The smallest absolute Gasteiger partial charge is 0.315 e.